The molecule has 0 radical (unpaired) electrons. The molecule has 4 heteroatoms. The second kappa shape index (κ2) is 2.72. The van der Waals surface area contributed by atoms with E-state index in [9.17, 15) is 4.91 Å². The third-order valence-corrected chi connectivity index (χ3v) is 1.89. The molecule has 0 aliphatic carbocycles. The molecule has 13 heavy (non-hydrogen) atoms. The number of hydrogen-bond acceptors (Lipinski definition) is 3. The first-order chi connectivity index (χ1) is 6.35. The fourth-order valence-electron chi connectivity index (χ4n) is 1.26. The van der Waals surface area contributed by atoms with E-state index < -0.39 is 0 Å². The largest absolute Gasteiger partial charge is 0.360 e. The molecule has 1 N–H and O–H groups in total. The molecular formula is C9H5N3O. The highest BCUT2D eigenvalue weighted by molar-refractivity contribution is 5.87. The van der Waals surface area contributed by atoms with Crippen LogP contribution >= 0.6 is 0 Å². The zero-order valence-corrected chi connectivity index (χ0v) is 6.61. The second-order valence-corrected chi connectivity index (χ2v) is 2.64. The first kappa shape index (κ1) is 7.50. The van der Waals surface area contributed by atoms with E-state index in [1.807, 2.05) is 6.07 Å². The minimum Gasteiger partial charge on any atom is -0.360 e. The summed E-state index contributed by atoms with van der Waals surface area (Å²) in [6.45, 7) is 0. The third-order valence-electron chi connectivity index (χ3n) is 1.89. The highest BCUT2D eigenvalue weighted by Gasteiger charge is 2.02. The van der Waals surface area contributed by atoms with Gasteiger partial charge in [0.1, 0.15) is 11.8 Å². The van der Waals surface area contributed by atoms with Crippen molar-refractivity contribution in [3.63, 3.8) is 0 Å². The van der Waals surface area contributed by atoms with Crippen LogP contribution < -0.4 is 0 Å². The lowest BCUT2D eigenvalue weighted by Gasteiger charge is -1.90. The zero-order chi connectivity index (χ0) is 9.26. The number of H-pyrrole nitrogens is 1. The minimum atomic E-state index is 0.360. The van der Waals surface area contributed by atoms with Crippen molar-refractivity contribution in [1.29, 1.82) is 5.26 Å². The molecular weight excluding hydrogens is 166 g/mol. The maximum atomic E-state index is 10.2. The number of nitroso groups, excluding NO2 is 1. The van der Waals surface area contributed by atoms with Crippen LogP contribution in [0.5, 0.6) is 0 Å². The number of rotatable bonds is 1. The van der Waals surface area contributed by atoms with Crippen LogP contribution in [0.4, 0.5) is 5.69 Å². The molecule has 0 aliphatic heterocycles. The van der Waals surface area contributed by atoms with Gasteiger partial charge in [-0.3, -0.25) is 0 Å². The molecule has 0 saturated carbocycles. The van der Waals surface area contributed by atoms with E-state index >= 15 is 0 Å². The van der Waals surface area contributed by atoms with E-state index in [0.717, 1.165) is 10.9 Å². The molecule has 0 spiro atoms. The van der Waals surface area contributed by atoms with Crippen LogP contribution in [-0.4, -0.2) is 4.98 Å². The Labute approximate surface area is 73.8 Å². The van der Waals surface area contributed by atoms with Gasteiger partial charge in [0.15, 0.2) is 0 Å². The van der Waals surface area contributed by atoms with Crippen molar-refractivity contribution in [2.45, 2.75) is 0 Å². The quantitative estimate of drug-likeness (QED) is 0.669. The van der Waals surface area contributed by atoms with E-state index in [1.54, 1.807) is 24.4 Å². The second-order valence-electron chi connectivity index (χ2n) is 2.64. The smallest absolute Gasteiger partial charge is 0.110 e. The minimum absolute atomic E-state index is 0.360. The Hall–Kier alpha value is -2.15. The van der Waals surface area contributed by atoms with Gasteiger partial charge in [0.05, 0.1) is 5.56 Å². The normalized spacial score (nSPS) is 9.77. The Morgan fingerprint density at radius 1 is 1.46 bits per heavy atom. The van der Waals surface area contributed by atoms with Crippen molar-refractivity contribution in [1.82, 2.24) is 4.98 Å². The average molecular weight is 171 g/mol. The van der Waals surface area contributed by atoms with Gasteiger partial charge in [-0.15, -0.1) is 4.91 Å². The summed E-state index contributed by atoms with van der Waals surface area (Å²) in [6.07, 6.45) is 1.61. The molecule has 0 fully saturated rings. The first-order valence-corrected chi connectivity index (χ1v) is 3.70. The van der Waals surface area contributed by atoms with E-state index in [1.165, 1.54) is 0 Å². The van der Waals surface area contributed by atoms with Crippen molar-refractivity contribution < 1.29 is 0 Å². The first-order valence-electron chi connectivity index (χ1n) is 3.70. The summed E-state index contributed by atoms with van der Waals surface area (Å²) in [5.41, 5.74) is 1.69. The van der Waals surface area contributed by atoms with Crippen molar-refractivity contribution in [2.75, 3.05) is 0 Å². The van der Waals surface area contributed by atoms with Crippen molar-refractivity contribution in [3.05, 3.63) is 34.9 Å². The molecule has 0 unspecified atom stereocenters. The highest BCUT2D eigenvalue weighted by Crippen LogP contribution is 2.22. The van der Waals surface area contributed by atoms with Gasteiger partial charge in [-0.2, -0.15) is 5.26 Å². The third kappa shape index (κ3) is 1.07. The number of nitriles is 1. The predicted molar refractivity (Wildman–Crippen MR) is 48.5 cm³/mol. The van der Waals surface area contributed by atoms with Gasteiger partial charge >= 0.3 is 0 Å². The van der Waals surface area contributed by atoms with Crippen LogP contribution in [0.15, 0.2) is 29.6 Å². The molecule has 0 bridgehead atoms. The van der Waals surface area contributed by atoms with Crippen LogP contribution in [0.2, 0.25) is 0 Å². The monoisotopic (exact) mass is 171 g/mol. The molecule has 2 rings (SSSR count). The lowest BCUT2D eigenvalue weighted by atomic mass is 10.2. The van der Waals surface area contributed by atoms with Gasteiger partial charge in [-0.25, -0.2) is 0 Å². The van der Waals surface area contributed by atoms with E-state index in [2.05, 4.69) is 10.2 Å². The number of benzene rings is 1. The fourth-order valence-corrected chi connectivity index (χ4v) is 1.26. The number of nitrogens with zero attached hydrogens (tertiary/aromatic N) is 2. The maximum absolute atomic E-state index is 10.2. The van der Waals surface area contributed by atoms with Crippen LogP contribution in [-0.2, 0) is 0 Å². The lowest BCUT2D eigenvalue weighted by Crippen LogP contribution is -1.69. The molecule has 1 aromatic heterocycles. The molecule has 1 heterocycles. The summed E-state index contributed by atoms with van der Waals surface area (Å²) in [5.74, 6) is 0. The van der Waals surface area contributed by atoms with Gasteiger partial charge in [0, 0.05) is 17.1 Å². The number of aromatic amines is 1. The topological polar surface area (TPSA) is 69.0 Å². The van der Waals surface area contributed by atoms with Crippen molar-refractivity contribution >= 4 is 16.6 Å². The summed E-state index contributed by atoms with van der Waals surface area (Å²) >= 11 is 0. The van der Waals surface area contributed by atoms with Gasteiger partial charge in [-0.1, -0.05) is 0 Å². The Morgan fingerprint density at radius 2 is 2.31 bits per heavy atom. The van der Waals surface area contributed by atoms with Gasteiger partial charge < -0.3 is 4.98 Å². The Balaban J connectivity index is 2.76. The SMILES string of the molecule is N#Cc1c[nH]c2cc(N=O)ccc12. The van der Waals surface area contributed by atoms with Crippen LogP contribution in [0.3, 0.4) is 0 Å². The summed E-state index contributed by atoms with van der Waals surface area (Å²) < 4.78 is 0. The van der Waals surface area contributed by atoms with Crippen LogP contribution in [0, 0.1) is 16.2 Å². The van der Waals surface area contributed by atoms with Gasteiger partial charge in [-0.05, 0) is 23.4 Å². The molecule has 2 aromatic rings. The van der Waals surface area contributed by atoms with Gasteiger partial charge in [0.25, 0.3) is 0 Å². The number of aromatic nitrogens is 1. The number of fused-ring (bicyclic) bond motifs is 1. The number of nitrogens with one attached hydrogen (secondary N) is 1. The number of hydrogen-bond donors (Lipinski definition) is 1. The van der Waals surface area contributed by atoms with E-state index in [-0.39, 0.29) is 0 Å². The fraction of sp³-hybridized carbons (Fsp3) is 0. The van der Waals surface area contributed by atoms with E-state index in [4.69, 9.17) is 5.26 Å². The van der Waals surface area contributed by atoms with Crippen LogP contribution in [0.25, 0.3) is 10.9 Å². The Kier molecular flexibility index (Phi) is 1.57. The predicted octanol–water partition coefficient (Wildman–Crippen LogP) is 2.44. The highest BCUT2D eigenvalue weighted by atomic mass is 16.3. The summed E-state index contributed by atoms with van der Waals surface area (Å²) in [7, 11) is 0. The van der Waals surface area contributed by atoms with Gasteiger partial charge in [0.2, 0.25) is 0 Å². The molecule has 0 saturated heterocycles. The molecule has 62 valence electrons. The zero-order valence-electron chi connectivity index (χ0n) is 6.61. The molecule has 0 aliphatic rings. The summed E-state index contributed by atoms with van der Waals surface area (Å²) in [6, 6.07) is 6.96. The maximum Gasteiger partial charge on any atom is 0.110 e. The average Bonchev–Trinajstić information content (AvgIpc) is 2.59. The van der Waals surface area contributed by atoms with E-state index in [0.29, 0.717) is 11.3 Å². The summed E-state index contributed by atoms with van der Waals surface area (Å²) in [4.78, 5) is 13.1. The molecule has 4 nitrogen and oxygen atoms in total. The Bertz CT molecular complexity index is 507. The lowest BCUT2D eigenvalue weighted by molar-refractivity contribution is 1.44. The van der Waals surface area contributed by atoms with Crippen molar-refractivity contribution in [3.8, 4) is 6.07 Å². The Morgan fingerprint density at radius 3 is 3.00 bits per heavy atom. The molecule has 0 atom stereocenters. The van der Waals surface area contributed by atoms with Crippen molar-refractivity contribution in [2.24, 2.45) is 5.18 Å². The summed E-state index contributed by atoms with van der Waals surface area (Å²) in [5, 5.41) is 12.3. The van der Waals surface area contributed by atoms with Crippen LogP contribution in [0.1, 0.15) is 5.56 Å². The standard InChI is InChI=1S/C9H5N3O/c10-4-6-5-11-9-3-7(12-13)1-2-8(6)9/h1-3,5,11H. The molecule has 1 aromatic carbocycles. The molecule has 0 amide bonds.